The first-order valence-corrected chi connectivity index (χ1v) is 12.0. The summed E-state index contributed by atoms with van der Waals surface area (Å²) in [5.41, 5.74) is 6.41. The van der Waals surface area contributed by atoms with Crippen LogP contribution in [0.15, 0.2) is 96.0 Å². The van der Waals surface area contributed by atoms with Gasteiger partial charge in [0.15, 0.2) is 5.82 Å². The highest BCUT2D eigenvalue weighted by Gasteiger charge is 2.29. The number of hydrogen-bond donors (Lipinski definition) is 0. The minimum absolute atomic E-state index is 0.0228. The molecule has 0 N–H and O–H groups in total. The van der Waals surface area contributed by atoms with Crippen LogP contribution in [-0.4, -0.2) is 22.6 Å². The van der Waals surface area contributed by atoms with Crippen LogP contribution in [0.4, 0.5) is 5.82 Å². The molecule has 172 valence electrons. The van der Waals surface area contributed by atoms with Crippen LogP contribution < -0.4 is 4.74 Å². The Labute approximate surface area is 209 Å². The number of fused-ring (bicyclic) bond motifs is 2. The zero-order chi connectivity index (χ0) is 23.9. The second kappa shape index (κ2) is 8.71. The van der Waals surface area contributed by atoms with Gasteiger partial charge in [-0.1, -0.05) is 72.3 Å². The summed E-state index contributed by atoms with van der Waals surface area (Å²) in [6.45, 7) is 2.05. The maximum Gasteiger partial charge on any atom is 0.159 e. The molecule has 0 saturated carbocycles. The first-order chi connectivity index (χ1) is 17.1. The van der Waals surface area contributed by atoms with Crippen LogP contribution in [0.25, 0.3) is 21.9 Å². The molecule has 0 saturated heterocycles. The van der Waals surface area contributed by atoms with Crippen molar-refractivity contribution in [1.29, 1.82) is 0 Å². The molecule has 5 aromatic rings. The van der Waals surface area contributed by atoms with Gasteiger partial charge in [-0.2, -0.15) is 5.10 Å². The number of nitrogens with zero attached hydrogens (tertiary/aromatic N) is 3. The minimum atomic E-state index is 0.0228. The Bertz CT molecular complexity index is 1570. The van der Waals surface area contributed by atoms with E-state index in [-0.39, 0.29) is 6.04 Å². The van der Waals surface area contributed by atoms with Crippen LogP contribution >= 0.6 is 11.6 Å². The number of benzene rings is 4. The van der Waals surface area contributed by atoms with Crippen molar-refractivity contribution in [2.24, 2.45) is 4.99 Å². The maximum atomic E-state index is 6.18. The van der Waals surface area contributed by atoms with E-state index in [1.54, 1.807) is 7.11 Å². The van der Waals surface area contributed by atoms with Crippen molar-refractivity contribution < 1.29 is 4.74 Å². The zero-order valence-electron chi connectivity index (χ0n) is 19.6. The second-order valence-corrected chi connectivity index (χ2v) is 9.29. The lowest BCUT2D eigenvalue weighted by Crippen LogP contribution is -2.21. The number of aliphatic imine (C=N–C) groups is 1. The summed E-state index contributed by atoms with van der Waals surface area (Å²) in [7, 11) is 1.69. The smallest absolute Gasteiger partial charge is 0.159 e. The van der Waals surface area contributed by atoms with Gasteiger partial charge in [-0.15, -0.1) is 0 Å². The van der Waals surface area contributed by atoms with E-state index in [1.807, 2.05) is 43.3 Å². The van der Waals surface area contributed by atoms with Crippen LogP contribution in [0.2, 0.25) is 5.02 Å². The Morgan fingerprint density at radius 2 is 1.57 bits per heavy atom. The molecule has 1 atom stereocenters. The van der Waals surface area contributed by atoms with Gasteiger partial charge >= 0.3 is 0 Å². The summed E-state index contributed by atoms with van der Waals surface area (Å²) in [5.74, 6) is 1.71. The Morgan fingerprint density at radius 3 is 2.31 bits per heavy atom. The van der Waals surface area contributed by atoms with Gasteiger partial charge < -0.3 is 4.74 Å². The number of halogens is 1. The molecule has 1 unspecified atom stereocenters. The lowest BCUT2D eigenvalue weighted by Gasteiger charge is -2.25. The average Bonchev–Trinajstić information content (AvgIpc) is 3.24. The normalized spacial score (nSPS) is 15.1. The minimum Gasteiger partial charge on any atom is -0.497 e. The van der Waals surface area contributed by atoms with E-state index in [1.165, 1.54) is 16.3 Å². The van der Waals surface area contributed by atoms with E-state index in [0.717, 1.165) is 46.1 Å². The molecule has 1 aromatic heterocycles. The number of methoxy groups -OCH3 is 1. The quantitative estimate of drug-likeness (QED) is 0.265. The standard InChI is InChI=1S/C30H24ClN3O/c1-19-29(22-9-13-25(31)14-10-22)30-32-27(24-8-7-20-5-3-4-6-23(20)17-24)18-28(34(30)33-19)21-11-15-26(35-2)16-12-21/h3-17,28H,18H2,1-2H3. The Balaban J connectivity index is 1.54. The molecule has 5 heteroatoms. The lowest BCUT2D eigenvalue weighted by atomic mass is 9.94. The van der Waals surface area contributed by atoms with Crippen LogP contribution in [0, 0.1) is 6.92 Å². The van der Waals surface area contributed by atoms with E-state index >= 15 is 0 Å². The first kappa shape index (κ1) is 21.6. The molecule has 1 aliphatic heterocycles. The molecule has 4 nitrogen and oxygen atoms in total. The van der Waals surface area contributed by atoms with E-state index in [0.29, 0.717) is 5.02 Å². The Hall–Kier alpha value is -3.89. The second-order valence-electron chi connectivity index (χ2n) is 8.85. The maximum absolute atomic E-state index is 6.18. The van der Waals surface area contributed by atoms with E-state index in [2.05, 4.69) is 59.3 Å². The number of hydrogen-bond acceptors (Lipinski definition) is 3. The number of ether oxygens (including phenoxy) is 1. The summed E-state index contributed by atoms with van der Waals surface area (Å²) in [4.78, 5) is 5.21. The molecule has 0 bridgehead atoms. The summed E-state index contributed by atoms with van der Waals surface area (Å²) in [6, 6.07) is 31.2. The topological polar surface area (TPSA) is 39.4 Å². The number of aryl methyl sites for hydroxylation is 1. The van der Waals surface area contributed by atoms with Crippen LogP contribution in [0.3, 0.4) is 0 Å². The van der Waals surface area contributed by atoms with Gasteiger partial charge in [-0.05, 0) is 64.7 Å². The highest BCUT2D eigenvalue weighted by atomic mass is 35.5. The van der Waals surface area contributed by atoms with Crippen molar-refractivity contribution in [3.05, 3.63) is 113 Å². The molecule has 0 aliphatic carbocycles. The van der Waals surface area contributed by atoms with E-state index in [9.17, 15) is 0 Å². The fraction of sp³-hybridized carbons (Fsp3) is 0.133. The van der Waals surface area contributed by atoms with Crippen LogP contribution in [0.5, 0.6) is 5.75 Å². The molecule has 6 rings (SSSR count). The van der Waals surface area contributed by atoms with E-state index in [4.69, 9.17) is 26.4 Å². The summed E-state index contributed by atoms with van der Waals surface area (Å²) in [6.07, 6.45) is 0.749. The molecule has 0 radical (unpaired) electrons. The summed E-state index contributed by atoms with van der Waals surface area (Å²) in [5, 5.41) is 8.12. The molecular formula is C30H24ClN3O. The van der Waals surface area contributed by atoms with Gasteiger partial charge in [0.05, 0.1) is 24.6 Å². The molecule has 0 fully saturated rings. The molecular weight excluding hydrogens is 454 g/mol. The first-order valence-electron chi connectivity index (χ1n) is 11.7. The third-order valence-corrected chi connectivity index (χ3v) is 6.95. The zero-order valence-corrected chi connectivity index (χ0v) is 20.3. The number of aromatic nitrogens is 2. The van der Waals surface area contributed by atoms with Crippen molar-refractivity contribution in [2.75, 3.05) is 7.11 Å². The van der Waals surface area contributed by atoms with Gasteiger partial charge in [0.1, 0.15) is 5.75 Å². The third kappa shape index (κ3) is 3.90. The van der Waals surface area contributed by atoms with Crippen molar-refractivity contribution in [3.63, 3.8) is 0 Å². The summed E-state index contributed by atoms with van der Waals surface area (Å²) >= 11 is 6.18. The van der Waals surface area contributed by atoms with Crippen LogP contribution in [-0.2, 0) is 0 Å². The monoisotopic (exact) mass is 477 g/mol. The van der Waals surface area contributed by atoms with Gasteiger partial charge in [0.25, 0.3) is 0 Å². The van der Waals surface area contributed by atoms with Gasteiger partial charge in [-0.25, -0.2) is 9.67 Å². The molecule has 4 aromatic carbocycles. The highest BCUT2D eigenvalue weighted by Crippen LogP contribution is 2.42. The molecule has 0 spiro atoms. The third-order valence-electron chi connectivity index (χ3n) is 6.70. The van der Waals surface area contributed by atoms with Gasteiger partial charge in [0.2, 0.25) is 0 Å². The average molecular weight is 478 g/mol. The number of rotatable bonds is 4. The van der Waals surface area contributed by atoms with Crippen LogP contribution in [0.1, 0.15) is 29.3 Å². The Kier molecular flexibility index (Phi) is 5.39. The Morgan fingerprint density at radius 1 is 0.857 bits per heavy atom. The van der Waals surface area contributed by atoms with Crippen molar-refractivity contribution in [1.82, 2.24) is 9.78 Å². The lowest BCUT2D eigenvalue weighted by molar-refractivity contribution is 0.414. The molecule has 0 amide bonds. The molecule has 35 heavy (non-hydrogen) atoms. The fourth-order valence-electron chi connectivity index (χ4n) is 4.89. The highest BCUT2D eigenvalue weighted by molar-refractivity contribution is 6.30. The molecule has 2 heterocycles. The summed E-state index contributed by atoms with van der Waals surface area (Å²) < 4.78 is 7.47. The van der Waals surface area contributed by atoms with Crippen molar-refractivity contribution in [3.8, 4) is 16.9 Å². The largest absolute Gasteiger partial charge is 0.497 e. The van der Waals surface area contributed by atoms with Crippen molar-refractivity contribution in [2.45, 2.75) is 19.4 Å². The molecule has 1 aliphatic rings. The predicted octanol–water partition coefficient (Wildman–Crippen LogP) is 7.79. The van der Waals surface area contributed by atoms with Gasteiger partial charge in [-0.3, -0.25) is 0 Å². The van der Waals surface area contributed by atoms with Gasteiger partial charge in [0, 0.05) is 17.0 Å². The predicted molar refractivity (Wildman–Crippen MR) is 143 cm³/mol. The fourth-order valence-corrected chi connectivity index (χ4v) is 5.02. The van der Waals surface area contributed by atoms with E-state index < -0.39 is 0 Å². The van der Waals surface area contributed by atoms with Crippen molar-refractivity contribution >= 4 is 33.9 Å². The SMILES string of the molecule is COc1ccc(C2CC(c3ccc4ccccc4c3)=Nc3c(-c4ccc(Cl)cc4)c(C)nn32)cc1.